The Labute approximate surface area is 155 Å². The van der Waals surface area contributed by atoms with Crippen LogP contribution in [0.2, 0.25) is 0 Å². The quantitative estimate of drug-likeness (QED) is 0.862. The number of benzene rings is 1. The molecule has 3 amide bonds. The molecule has 7 nitrogen and oxygen atoms in total. The molecule has 3 rings (SSSR count). The number of piperidine rings is 1. The zero-order valence-electron chi connectivity index (χ0n) is 14.8. The van der Waals surface area contributed by atoms with Gasteiger partial charge in [0.25, 0.3) is 5.91 Å². The lowest BCUT2D eigenvalue weighted by atomic mass is 9.95. The number of rotatable bonds is 4. The van der Waals surface area contributed by atoms with E-state index in [4.69, 9.17) is 4.42 Å². The average Bonchev–Trinajstić information content (AvgIpc) is 3.18. The summed E-state index contributed by atoms with van der Waals surface area (Å²) in [6, 6.07) is 5.59. The fraction of sp³-hybridized carbons (Fsp3) is 0.316. The van der Waals surface area contributed by atoms with Crippen LogP contribution in [-0.4, -0.2) is 35.7 Å². The van der Waals surface area contributed by atoms with Gasteiger partial charge in [-0.3, -0.25) is 14.4 Å². The third-order valence-corrected chi connectivity index (χ3v) is 4.47. The van der Waals surface area contributed by atoms with Crippen LogP contribution in [0.1, 0.15) is 30.1 Å². The summed E-state index contributed by atoms with van der Waals surface area (Å²) in [5, 5.41) is 5.13. The Morgan fingerprint density at radius 3 is 2.52 bits per heavy atom. The standard InChI is InChI=1S/C19H20FN3O4/c1-12(24)21-15-2-3-16(20)17(10-15)22-18(25)13-4-7-23(8-5-13)19(26)14-6-9-27-11-14/h2-3,6,9-11,13H,4-5,7-8H2,1H3,(H,21,24)(H,22,25). The van der Waals surface area contributed by atoms with Crippen molar-refractivity contribution in [2.24, 2.45) is 5.92 Å². The normalized spacial score (nSPS) is 14.7. The number of halogens is 1. The fourth-order valence-electron chi connectivity index (χ4n) is 3.05. The molecule has 1 aromatic carbocycles. The first-order valence-corrected chi connectivity index (χ1v) is 8.63. The van der Waals surface area contributed by atoms with Crippen LogP contribution in [0.3, 0.4) is 0 Å². The molecule has 1 aromatic heterocycles. The topological polar surface area (TPSA) is 91.7 Å². The number of hydrogen-bond acceptors (Lipinski definition) is 4. The Hall–Kier alpha value is -3.16. The van der Waals surface area contributed by atoms with Crippen LogP contribution in [0, 0.1) is 11.7 Å². The van der Waals surface area contributed by atoms with E-state index in [9.17, 15) is 18.8 Å². The predicted octanol–water partition coefficient (Wildman–Crippen LogP) is 2.87. The van der Waals surface area contributed by atoms with Gasteiger partial charge < -0.3 is 20.0 Å². The van der Waals surface area contributed by atoms with Crippen LogP contribution in [0.15, 0.2) is 41.2 Å². The third kappa shape index (κ3) is 4.52. The summed E-state index contributed by atoms with van der Waals surface area (Å²) in [6.45, 7) is 2.23. The van der Waals surface area contributed by atoms with E-state index in [1.54, 1.807) is 11.0 Å². The van der Waals surface area contributed by atoms with Gasteiger partial charge in [-0.05, 0) is 37.1 Å². The summed E-state index contributed by atoms with van der Waals surface area (Å²) in [5.41, 5.74) is 0.901. The van der Waals surface area contributed by atoms with Crippen molar-refractivity contribution in [2.45, 2.75) is 19.8 Å². The first kappa shape index (κ1) is 18.6. The number of anilines is 2. The molecule has 1 saturated heterocycles. The summed E-state index contributed by atoms with van der Waals surface area (Å²) in [5.74, 6) is -1.61. The Morgan fingerprint density at radius 2 is 1.89 bits per heavy atom. The predicted molar refractivity (Wildman–Crippen MR) is 96.7 cm³/mol. The second-order valence-corrected chi connectivity index (χ2v) is 6.44. The lowest BCUT2D eigenvalue weighted by Gasteiger charge is -2.31. The lowest BCUT2D eigenvalue weighted by Crippen LogP contribution is -2.41. The minimum atomic E-state index is -0.579. The molecule has 0 radical (unpaired) electrons. The highest BCUT2D eigenvalue weighted by molar-refractivity contribution is 5.96. The maximum Gasteiger partial charge on any atom is 0.257 e. The first-order valence-electron chi connectivity index (χ1n) is 8.63. The van der Waals surface area contributed by atoms with Crippen molar-refractivity contribution in [1.29, 1.82) is 0 Å². The van der Waals surface area contributed by atoms with Crippen LogP contribution >= 0.6 is 0 Å². The largest absolute Gasteiger partial charge is 0.472 e. The van der Waals surface area contributed by atoms with Gasteiger partial charge in [0, 0.05) is 31.6 Å². The Bertz CT molecular complexity index is 843. The molecule has 0 unspecified atom stereocenters. The van der Waals surface area contributed by atoms with Gasteiger partial charge in [0.05, 0.1) is 17.5 Å². The van der Waals surface area contributed by atoms with E-state index < -0.39 is 5.82 Å². The van der Waals surface area contributed by atoms with Crippen LogP contribution in [0.25, 0.3) is 0 Å². The summed E-state index contributed by atoms with van der Waals surface area (Å²) >= 11 is 0. The molecule has 27 heavy (non-hydrogen) atoms. The number of hydrogen-bond donors (Lipinski definition) is 2. The van der Waals surface area contributed by atoms with E-state index in [0.29, 0.717) is 37.2 Å². The van der Waals surface area contributed by atoms with Crippen molar-refractivity contribution in [3.05, 3.63) is 48.2 Å². The number of carbonyl (C=O) groups is 3. The van der Waals surface area contributed by atoms with Gasteiger partial charge in [0.2, 0.25) is 11.8 Å². The zero-order valence-corrected chi connectivity index (χ0v) is 14.8. The van der Waals surface area contributed by atoms with Gasteiger partial charge in [0.15, 0.2) is 0 Å². The highest BCUT2D eigenvalue weighted by Crippen LogP contribution is 2.24. The Morgan fingerprint density at radius 1 is 1.15 bits per heavy atom. The molecule has 2 N–H and O–H groups in total. The first-order chi connectivity index (χ1) is 12.9. The SMILES string of the molecule is CC(=O)Nc1ccc(F)c(NC(=O)C2CCN(C(=O)c3ccoc3)CC2)c1. The van der Waals surface area contributed by atoms with Crippen molar-refractivity contribution in [2.75, 3.05) is 23.7 Å². The van der Waals surface area contributed by atoms with Gasteiger partial charge in [0.1, 0.15) is 12.1 Å². The Kier molecular flexibility index (Phi) is 5.54. The van der Waals surface area contributed by atoms with Crippen LogP contribution < -0.4 is 10.6 Å². The molecule has 0 bridgehead atoms. The second kappa shape index (κ2) is 8.03. The third-order valence-electron chi connectivity index (χ3n) is 4.47. The number of carbonyl (C=O) groups excluding carboxylic acids is 3. The van der Waals surface area contributed by atoms with E-state index in [1.807, 2.05) is 0 Å². The number of furan rings is 1. The number of likely N-dealkylation sites (tertiary alicyclic amines) is 1. The smallest absolute Gasteiger partial charge is 0.257 e. The number of amides is 3. The summed E-state index contributed by atoms with van der Waals surface area (Å²) in [6.07, 6.45) is 3.81. The van der Waals surface area contributed by atoms with Crippen molar-refractivity contribution >= 4 is 29.1 Å². The van der Waals surface area contributed by atoms with E-state index in [-0.39, 0.29) is 29.3 Å². The maximum atomic E-state index is 14.0. The van der Waals surface area contributed by atoms with Crippen molar-refractivity contribution in [3.8, 4) is 0 Å². The summed E-state index contributed by atoms with van der Waals surface area (Å²) in [4.78, 5) is 37.5. The lowest BCUT2D eigenvalue weighted by molar-refractivity contribution is -0.121. The van der Waals surface area contributed by atoms with Crippen molar-refractivity contribution in [3.63, 3.8) is 0 Å². The summed E-state index contributed by atoms with van der Waals surface area (Å²) in [7, 11) is 0. The van der Waals surface area contributed by atoms with Gasteiger partial charge in [-0.2, -0.15) is 0 Å². The second-order valence-electron chi connectivity index (χ2n) is 6.44. The molecule has 142 valence electrons. The maximum absolute atomic E-state index is 14.0. The molecule has 8 heteroatoms. The molecule has 1 aliphatic heterocycles. The molecule has 0 aliphatic carbocycles. The highest BCUT2D eigenvalue weighted by Gasteiger charge is 2.28. The van der Waals surface area contributed by atoms with Gasteiger partial charge in [-0.15, -0.1) is 0 Å². The zero-order chi connectivity index (χ0) is 19.4. The van der Waals surface area contributed by atoms with E-state index in [0.717, 1.165) is 0 Å². The monoisotopic (exact) mass is 373 g/mol. The molecule has 2 heterocycles. The molecule has 1 fully saturated rings. The number of nitrogens with one attached hydrogen (secondary N) is 2. The van der Waals surface area contributed by atoms with E-state index in [2.05, 4.69) is 10.6 Å². The fourth-order valence-corrected chi connectivity index (χ4v) is 3.05. The van der Waals surface area contributed by atoms with E-state index in [1.165, 1.54) is 37.6 Å². The van der Waals surface area contributed by atoms with Crippen LogP contribution in [0.5, 0.6) is 0 Å². The molecule has 0 atom stereocenters. The minimum absolute atomic E-state index is 0.0168. The Balaban J connectivity index is 1.58. The van der Waals surface area contributed by atoms with Gasteiger partial charge in [-0.25, -0.2) is 4.39 Å². The molecule has 2 aromatic rings. The molecular weight excluding hydrogens is 353 g/mol. The molecule has 0 spiro atoms. The highest BCUT2D eigenvalue weighted by atomic mass is 19.1. The number of nitrogens with zero attached hydrogens (tertiary/aromatic N) is 1. The molecule has 0 saturated carbocycles. The summed E-state index contributed by atoms with van der Waals surface area (Å²) < 4.78 is 18.9. The van der Waals surface area contributed by atoms with Crippen molar-refractivity contribution < 1.29 is 23.2 Å². The minimum Gasteiger partial charge on any atom is -0.472 e. The van der Waals surface area contributed by atoms with Gasteiger partial charge in [-0.1, -0.05) is 0 Å². The average molecular weight is 373 g/mol. The van der Waals surface area contributed by atoms with Crippen molar-refractivity contribution in [1.82, 2.24) is 4.90 Å². The van der Waals surface area contributed by atoms with Gasteiger partial charge >= 0.3 is 0 Å². The molecule has 1 aliphatic rings. The molecular formula is C19H20FN3O4. The van der Waals surface area contributed by atoms with Crippen LogP contribution in [-0.2, 0) is 9.59 Å². The van der Waals surface area contributed by atoms with Crippen LogP contribution in [0.4, 0.5) is 15.8 Å². The van der Waals surface area contributed by atoms with E-state index >= 15 is 0 Å².